The molecule has 128 valence electrons. The first-order valence-corrected chi connectivity index (χ1v) is 8.29. The average molecular weight is 345 g/mol. The molecular formula is C22H16FNO2. The molecule has 0 aliphatic heterocycles. The van der Waals surface area contributed by atoms with Crippen molar-refractivity contribution in [2.45, 2.75) is 5.92 Å². The van der Waals surface area contributed by atoms with Crippen LogP contribution in [0.1, 0.15) is 27.4 Å². The Morgan fingerprint density at radius 2 is 1.65 bits per heavy atom. The van der Waals surface area contributed by atoms with Gasteiger partial charge in [-0.05, 0) is 35.9 Å². The minimum atomic E-state index is -0.512. The van der Waals surface area contributed by atoms with Crippen molar-refractivity contribution in [3.8, 4) is 5.75 Å². The smallest absolute Gasteiger partial charge is 0.176 e. The molecule has 0 saturated carbocycles. The van der Waals surface area contributed by atoms with E-state index in [2.05, 4.69) is 4.99 Å². The second kappa shape index (κ2) is 6.56. The number of hydrogen-bond donors (Lipinski definition) is 0. The summed E-state index contributed by atoms with van der Waals surface area (Å²) in [7, 11) is 1.60. The second-order valence-electron chi connectivity index (χ2n) is 6.09. The molecule has 0 bridgehead atoms. The number of ketones is 1. The van der Waals surface area contributed by atoms with Gasteiger partial charge in [-0.1, -0.05) is 42.5 Å². The molecule has 1 aliphatic carbocycles. The van der Waals surface area contributed by atoms with Gasteiger partial charge >= 0.3 is 0 Å². The normalized spacial score (nSPS) is 17.4. The van der Waals surface area contributed by atoms with E-state index in [0.29, 0.717) is 17.0 Å². The van der Waals surface area contributed by atoms with Crippen LogP contribution in [-0.2, 0) is 0 Å². The average Bonchev–Trinajstić information content (AvgIpc) is 2.94. The Balaban J connectivity index is 1.87. The molecule has 0 radical (unpaired) electrons. The zero-order valence-electron chi connectivity index (χ0n) is 14.1. The molecule has 26 heavy (non-hydrogen) atoms. The van der Waals surface area contributed by atoms with Gasteiger partial charge in [0, 0.05) is 11.1 Å². The Labute approximate surface area is 150 Å². The van der Waals surface area contributed by atoms with Gasteiger partial charge in [-0.3, -0.25) is 9.79 Å². The van der Waals surface area contributed by atoms with E-state index in [0.717, 1.165) is 16.9 Å². The van der Waals surface area contributed by atoms with E-state index in [4.69, 9.17) is 4.74 Å². The molecule has 0 fully saturated rings. The van der Waals surface area contributed by atoms with E-state index in [-0.39, 0.29) is 11.6 Å². The predicted octanol–water partition coefficient (Wildman–Crippen LogP) is 4.94. The molecule has 0 spiro atoms. The van der Waals surface area contributed by atoms with Gasteiger partial charge < -0.3 is 4.74 Å². The number of fused-ring (bicyclic) bond motifs is 1. The lowest BCUT2D eigenvalue weighted by molar-refractivity contribution is 0.0988. The standard InChI is InChI=1S/C22H16FNO2/c1-26-17-11-9-14(10-12-17)20-21(24-16-6-4-5-15(23)13-16)18-7-2-3-8-19(18)22(20)25/h2-13,20H,1H3/t20-/m0/s1. The van der Waals surface area contributed by atoms with Crippen LogP contribution in [0.15, 0.2) is 77.8 Å². The van der Waals surface area contributed by atoms with Crippen LogP contribution in [0.2, 0.25) is 0 Å². The SMILES string of the molecule is COc1ccc([C@@H]2C(=O)c3ccccc3C2=Nc2cccc(F)c2)cc1. The first-order valence-electron chi connectivity index (χ1n) is 8.29. The second-order valence-corrected chi connectivity index (χ2v) is 6.09. The molecule has 4 rings (SSSR count). The monoisotopic (exact) mass is 345 g/mol. The Hall–Kier alpha value is -3.27. The van der Waals surface area contributed by atoms with Gasteiger partial charge in [0.15, 0.2) is 5.78 Å². The van der Waals surface area contributed by atoms with E-state index >= 15 is 0 Å². The highest BCUT2D eigenvalue weighted by Gasteiger charge is 2.37. The largest absolute Gasteiger partial charge is 0.497 e. The number of hydrogen-bond acceptors (Lipinski definition) is 3. The van der Waals surface area contributed by atoms with Gasteiger partial charge in [0.1, 0.15) is 11.6 Å². The fourth-order valence-corrected chi connectivity index (χ4v) is 3.27. The summed E-state index contributed by atoms with van der Waals surface area (Å²) in [5.74, 6) is -0.145. The number of benzene rings is 3. The van der Waals surface area contributed by atoms with Crippen LogP contribution in [0.3, 0.4) is 0 Å². The van der Waals surface area contributed by atoms with E-state index in [1.165, 1.54) is 12.1 Å². The van der Waals surface area contributed by atoms with Gasteiger partial charge in [-0.15, -0.1) is 0 Å². The van der Waals surface area contributed by atoms with E-state index < -0.39 is 5.92 Å². The molecule has 3 aromatic rings. The van der Waals surface area contributed by atoms with Crippen molar-refractivity contribution in [2.75, 3.05) is 7.11 Å². The number of rotatable bonds is 3. The third kappa shape index (κ3) is 2.80. The van der Waals surface area contributed by atoms with Gasteiger partial charge in [-0.25, -0.2) is 4.39 Å². The lowest BCUT2D eigenvalue weighted by Gasteiger charge is -2.12. The first-order chi connectivity index (χ1) is 12.7. The molecule has 3 nitrogen and oxygen atoms in total. The van der Waals surface area contributed by atoms with Crippen LogP contribution >= 0.6 is 0 Å². The minimum Gasteiger partial charge on any atom is -0.497 e. The minimum absolute atomic E-state index is 0.000852. The van der Waals surface area contributed by atoms with Crippen LogP contribution in [0.25, 0.3) is 0 Å². The molecular weight excluding hydrogens is 329 g/mol. The number of ether oxygens (including phenoxy) is 1. The highest BCUT2D eigenvalue weighted by atomic mass is 19.1. The quantitative estimate of drug-likeness (QED) is 0.675. The summed E-state index contributed by atoms with van der Waals surface area (Å²) in [6, 6.07) is 20.9. The Morgan fingerprint density at radius 1 is 0.923 bits per heavy atom. The fraction of sp³-hybridized carbons (Fsp3) is 0.0909. The van der Waals surface area contributed by atoms with Crippen LogP contribution in [0.5, 0.6) is 5.75 Å². The molecule has 1 aliphatic rings. The fourth-order valence-electron chi connectivity index (χ4n) is 3.27. The third-order valence-corrected chi connectivity index (χ3v) is 4.51. The first kappa shape index (κ1) is 16.2. The van der Waals surface area contributed by atoms with Crippen molar-refractivity contribution in [3.63, 3.8) is 0 Å². The molecule has 0 heterocycles. The van der Waals surface area contributed by atoms with Crippen LogP contribution < -0.4 is 4.74 Å². The summed E-state index contributed by atoms with van der Waals surface area (Å²) >= 11 is 0. The predicted molar refractivity (Wildman–Crippen MR) is 99.1 cm³/mol. The van der Waals surface area contributed by atoms with Crippen LogP contribution in [0.4, 0.5) is 10.1 Å². The molecule has 0 saturated heterocycles. The molecule has 0 aromatic heterocycles. The lowest BCUT2D eigenvalue weighted by atomic mass is 9.93. The van der Waals surface area contributed by atoms with Gasteiger partial charge in [0.05, 0.1) is 24.4 Å². The van der Waals surface area contributed by atoms with Gasteiger partial charge in [0.25, 0.3) is 0 Å². The summed E-state index contributed by atoms with van der Waals surface area (Å²) in [5, 5.41) is 0. The molecule has 1 atom stereocenters. The summed E-state index contributed by atoms with van der Waals surface area (Å²) in [5.41, 5.74) is 3.40. The molecule has 4 heteroatoms. The Kier molecular flexibility index (Phi) is 4.09. The van der Waals surface area contributed by atoms with E-state index in [9.17, 15) is 9.18 Å². The van der Waals surface area contributed by atoms with Crippen molar-refractivity contribution in [1.82, 2.24) is 0 Å². The number of carbonyl (C=O) groups is 1. The molecule has 0 amide bonds. The highest BCUT2D eigenvalue weighted by molar-refractivity contribution is 6.32. The van der Waals surface area contributed by atoms with Crippen molar-refractivity contribution in [3.05, 3.63) is 95.3 Å². The Morgan fingerprint density at radius 3 is 2.35 bits per heavy atom. The summed E-state index contributed by atoms with van der Waals surface area (Å²) in [6.07, 6.45) is 0. The summed E-state index contributed by atoms with van der Waals surface area (Å²) in [6.45, 7) is 0. The highest BCUT2D eigenvalue weighted by Crippen LogP contribution is 2.36. The topological polar surface area (TPSA) is 38.7 Å². The number of aliphatic imine (C=N–C) groups is 1. The van der Waals surface area contributed by atoms with E-state index in [1.54, 1.807) is 19.2 Å². The van der Waals surface area contributed by atoms with Gasteiger partial charge in [0.2, 0.25) is 0 Å². The lowest BCUT2D eigenvalue weighted by Crippen LogP contribution is -2.13. The maximum Gasteiger partial charge on any atom is 0.176 e. The summed E-state index contributed by atoms with van der Waals surface area (Å²) in [4.78, 5) is 17.7. The maximum absolute atomic E-state index is 13.6. The number of carbonyl (C=O) groups excluding carboxylic acids is 1. The van der Waals surface area contributed by atoms with Crippen LogP contribution in [-0.4, -0.2) is 18.6 Å². The summed E-state index contributed by atoms with van der Waals surface area (Å²) < 4.78 is 18.8. The number of methoxy groups -OCH3 is 1. The van der Waals surface area contributed by atoms with Crippen molar-refractivity contribution < 1.29 is 13.9 Å². The molecule has 0 unspecified atom stereocenters. The zero-order chi connectivity index (χ0) is 18.1. The molecule has 0 N–H and O–H groups in total. The number of halogens is 1. The van der Waals surface area contributed by atoms with Crippen molar-refractivity contribution >= 4 is 17.2 Å². The number of Topliss-reactive ketones (excluding diaryl/α,β-unsaturated/α-hetero) is 1. The zero-order valence-corrected chi connectivity index (χ0v) is 14.1. The molecule has 3 aromatic carbocycles. The van der Waals surface area contributed by atoms with Gasteiger partial charge in [-0.2, -0.15) is 0 Å². The van der Waals surface area contributed by atoms with Crippen molar-refractivity contribution in [1.29, 1.82) is 0 Å². The Bertz CT molecular complexity index is 1010. The van der Waals surface area contributed by atoms with E-state index in [1.807, 2.05) is 48.5 Å². The number of nitrogens with zero attached hydrogens (tertiary/aromatic N) is 1. The van der Waals surface area contributed by atoms with Crippen molar-refractivity contribution in [2.24, 2.45) is 4.99 Å². The third-order valence-electron chi connectivity index (χ3n) is 4.51. The van der Waals surface area contributed by atoms with Crippen LogP contribution in [0, 0.1) is 5.82 Å². The maximum atomic E-state index is 13.6.